The number of amides is 1. The first-order valence-electron chi connectivity index (χ1n) is 6.01. The Morgan fingerprint density at radius 2 is 2.26 bits per heavy atom. The molecule has 0 aromatic carbocycles. The minimum Gasteiger partial charge on any atom is -0.397 e. The zero-order valence-corrected chi connectivity index (χ0v) is 11.3. The number of anilines is 2. The average Bonchev–Trinajstić information content (AvgIpc) is 2.37. The van der Waals surface area contributed by atoms with Crippen LogP contribution in [0.3, 0.4) is 0 Å². The monoisotopic (exact) mass is 267 g/mol. The molecule has 1 aromatic rings. The van der Waals surface area contributed by atoms with Crippen LogP contribution < -0.4 is 16.8 Å². The van der Waals surface area contributed by atoms with Crippen molar-refractivity contribution in [3.05, 3.63) is 17.8 Å². The normalized spacial score (nSPS) is 10.7. The maximum absolute atomic E-state index is 11.3. The van der Waals surface area contributed by atoms with Gasteiger partial charge >= 0.3 is 0 Å². The molecule has 1 rings (SSSR count). The number of nitrogen functional groups attached to an aromatic ring is 1. The van der Waals surface area contributed by atoms with Crippen molar-refractivity contribution in [1.82, 2.24) is 9.88 Å². The Labute approximate surface area is 112 Å². The predicted octanol–water partition coefficient (Wildman–Crippen LogP) is -0.247. The summed E-state index contributed by atoms with van der Waals surface area (Å²) < 4.78 is 4.99. The lowest BCUT2D eigenvalue weighted by Gasteiger charge is -2.17. The molecule has 5 N–H and O–H groups in total. The van der Waals surface area contributed by atoms with Gasteiger partial charge in [0.2, 0.25) is 0 Å². The van der Waals surface area contributed by atoms with Gasteiger partial charge in [-0.05, 0) is 13.1 Å². The van der Waals surface area contributed by atoms with Crippen LogP contribution in [0.15, 0.2) is 12.3 Å². The van der Waals surface area contributed by atoms with Crippen molar-refractivity contribution in [1.29, 1.82) is 0 Å². The molecule has 1 heterocycles. The van der Waals surface area contributed by atoms with Crippen LogP contribution in [0.4, 0.5) is 11.5 Å². The van der Waals surface area contributed by atoms with E-state index in [0.29, 0.717) is 30.2 Å². The Morgan fingerprint density at radius 1 is 1.53 bits per heavy atom. The Balaban J connectivity index is 2.51. The molecule has 0 saturated heterocycles. The largest absolute Gasteiger partial charge is 0.397 e. The molecule has 106 valence electrons. The molecule has 0 bridgehead atoms. The minimum atomic E-state index is -0.546. The number of rotatable bonds is 8. The van der Waals surface area contributed by atoms with Crippen molar-refractivity contribution in [3.63, 3.8) is 0 Å². The fraction of sp³-hybridized carbons (Fsp3) is 0.500. The number of aromatic nitrogens is 1. The summed E-state index contributed by atoms with van der Waals surface area (Å²) >= 11 is 0. The molecule has 0 aliphatic carbocycles. The van der Waals surface area contributed by atoms with Crippen LogP contribution in [0, 0.1) is 0 Å². The van der Waals surface area contributed by atoms with Crippen LogP contribution in [0.1, 0.15) is 10.4 Å². The zero-order chi connectivity index (χ0) is 14.3. The third-order valence-electron chi connectivity index (χ3n) is 2.64. The number of carbonyl (C=O) groups is 1. The van der Waals surface area contributed by atoms with Crippen LogP contribution in [-0.2, 0) is 4.74 Å². The second-order valence-electron chi connectivity index (χ2n) is 4.25. The number of nitrogens with one attached hydrogen (secondary N) is 1. The number of pyridine rings is 1. The fourth-order valence-electron chi connectivity index (χ4n) is 1.53. The zero-order valence-electron chi connectivity index (χ0n) is 11.3. The van der Waals surface area contributed by atoms with Crippen molar-refractivity contribution in [2.24, 2.45) is 5.73 Å². The first-order chi connectivity index (χ1) is 9.04. The van der Waals surface area contributed by atoms with Gasteiger partial charge in [0.1, 0.15) is 5.82 Å². The Hall–Kier alpha value is -1.86. The van der Waals surface area contributed by atoms with Crippen molar-refractivity contribution in [2.75, 3.05) is 51.4 Å². The first-order valence-corrected chi connectivity index (χ1v) is 6.01. The average molecular weight is 267 g/mol. The summed E-state index contributed by atoms with van der Waals surface area (Å²) in [5, 5.41) is 3.08. The van der Waals surface area contributed by atoms with Crippen LogP contribution in [0.25, 0.3) is 0 Å². The molecule has 0 unspecified atom stereocenters. The number of nitrogens with two attached hydrogens (primary N) is 2. The van der Waals surface area contributed by atoms with Gasteiger partial charge in [0, 0.05) is 26.7 Å². The van der Waals surface area contributed by atoms with E-state index in [1.807, 2.05) is 7.05 Å². The van der Waals surface area contributed by atoms with Crippen LogP contribution in [0.2, 0.25) is 0 Å². The maximum atomic E-state index is 11.3. The highest BCUT2D eigenvalue weighted by molar-refractivity contribution is 5.98. The molecule has 0 spiro atoms. The number of methoxy groups -OCH3 is 1. The predicted molar refractivity (Wildman–Crippen MR) is 75.0 cm³/mol. The molecule has 0 fully saturated rings. The minimum absolute atomic E-state index is 0.305. The van der Waals surface area contributed by atoms with Crippen LogP contribution in [-0.4, -0.2) is 56.2 Å². The van der Waals surface area contributed by atoms with E-state index in [-0.39, 0.29) is 0 Å². The van der Waals surface area contributed by atoms with E-state index in [4.69, 9.17) is 16.2 Å². The highest BCUT2D eigenvalue weighted by Crippen LogP contribution is 2.14. The van der Waals surface area contributed by atoms with Gasteiger partial charge in [-0.1, -0.05) is 0 Å². The highest BCUT2D eigenvalue weighted by Gasteiger charge is 2.10. The molecule has 19 heavy (non-hydrogen) atoms. The fourth-order valence-corrected chi connectivity index (χ4v) is 1.53. The van der Waals surface area contributed by atoms with E-state index in [2.05, 4.69) is 15.2 Å². The molecule has 0 saturated carbocycles. The van der Waals surface area contributed by atoms with Crippen molar-refractivity contribution >= 4 is 17.4 Å². The molecule has 0 aliphatic rings. The third kappa shape index (κ3) is 5.11. The lowest BCUT2D eigenvalue weighted by molar-refractivity contribution is 0.100. The summed E-state index contributed by atoms with van der Waals surface area (Å²) in [6.07, 6.45) is 1.49. The number of nitrogens with zero attached hydrogens (tertiary/aromatic N) is 2. The molecule has 7 heteroatoms. The maximum Gasteiger partial charge on any atom is 0.252 e. The van der Waals surface area contributed by atoms with E-state index in [1.165, 1.54) is 12.3 Å². The van der Waals surface area contributed by atoms with Gasteiger partial charge in [-0.15, -0.1) is 0 Å². The molecule has 0 aliphatic heterocycles. The van der Waals surface area contributed by atoms with E-state index < -0.39 is 5.91 Å². The van der Waals surface area contributed by atoms with Gasteiger partial charge in [-0.25, -0.2) is 4.98 Å². The molecular formula is C12H21N5O2. The van der Waals surface area contributed by atoms with Gasteiger partial charge < -0.3 is 26.4 Å². The topological polar surface area (TPSA) is 106 Å². The van der Waals surface area contributed by atoms with Gasteiger partial charge in [0.05, 0.1) is 24.1 Å². The van der Waals surface area contributed by atoms with Crippen molar-refractivity contribution in [2.45, 2.75) is 0 Å². The van der Waals surface area contributed by atoms with E-state index in [0.717, 1.165) is 13.1 Å². The number of likely N-dealkylation sites (N-methyl/N-ethyl adjacent to an activating group) is 1. The Morgan fingerprint density at radius 3 is 2.89 bits per heavy atom. The summed E-state index contributed by atoms with van der Waals surface area (Å²) in [7, 11) is 3.66. The molecule has 1 aromatic heterocycles. The Bertz CT molecular complexity index is 425. The Kier molecular flexibility index (Phi) is 6.04. The standard InChI is InChI=1S/C12H21N5O2/c1-17(5-6-19-2)4-3-15-12-10(11(14)18)7-9(13)8-16-12/h7-8H,3-6,13H2,1-2H3,(H2,14,18)(H,15,16). The number of hydrogen-bond acceptors (Lipinski definition) is 6. The van der Waals surface area contributed by atoms with E-state index in [9.17, 15) is 4.79 Å². The smallest absolute Gasteiger partial charge is 0.252 e. The first kappa shape index (κ1) is 15.2. The molecular weight excluding hydrogens is 246 g/mol. The SMILES string of the molecule is COCCN(C)CCNc1ncc(N)cc1C(N)=O. The summed E-state index contributed by atoms with van der Waals surface area (Å²) in [6.45, 7) is 2.98. The number of carbonyl (C=O) groups excluding carboxylic acids is 1. The van der Waals surface area contributed by atoms with Gasteiger partial charge in [-0.3, -0.25) is 4.79 Å². The second-order valence-corrected chi connectivity index (χ2v) is 4.25. The molecule has 1 amide bonds. The lowest BCUT2D eigenvalue weighted by Crippen LogP contribution is -2.29. The quantitative estimate of drug-likeness (QED) is 0.600. The number of primary amides is 1. The molecule has 0 atom stereocenters. The summed E-state index contributed by atoms with van der Waals surface area (Å²) in [5.41, 5.74) is 11.6. The molecule has 0 radical (unpaired) electrons. The van der Waals surface area contributed by atoms with Gasteiger partial charge in [-0.2, -0.15) is 0 Å². The number of hydrogen-bond donors (Lipinski definition) is 3. The van der Waals surface area contributed by atoms with Crippen molar-refractivity contribution < 1.29 is 9.53 Å². The second kappa shape index (κ2) is 7.55. The lowest BCUT2D eigenvalue weighted by atomic mass is 10.2. The molecule has 7 nitrogen and oxygen atoms in total. The van der Waals surface area contributed by atoms with Crippen LogP contribution >= 0.6 is 0 Å². The number of ether oxygens (including phenoxy) is 1. The summed E-state index contributed by atoms with van der Waals surface area (Å²) in [5.74, 6) is -0.0862. The third-order valence-corrected chi connectivity index (χ3v) is 2.64. The summed E-state index contributed by atoms with van der Waals surface area (Å²) in [4.78, 5) is 17.5. The van der Waals surface area contributed by atoms with Gasteiger partial charge in [0.15, 0.2) is 0 Å². The highest BCUT2D eigenvalue weighted by atomic mass is 16.5. The van der Waals surface area contributed by atoms with Gasteiger partial charge in [0.25, 0.3) is 5.91 Å². The van der Waals surface area contributed by atoms with E-state index >= 15 is 0 Å². The van der Waals surface area contributed by atoms with Crippen molar-refractivity contribution in [3.8, 4) is 0 Å². The van der Waals surface area contributed by atoms with Crippen LogP contribution in [0.5, 0.6) is 0 Å². The summed E-state index contributed by atoms with van der Waals surface area (Å²) in [6, 6.07) is 1.52. The van der Waals surface area contributed by atoms with E-state index in [1.54, 1.807) is 7.11 Å².